The Labute approximate surface area is 206 Å². The first-order valence-electron chi connectivity index (χ1n) is 11.2. The third-order valence-electron chi connectivity index (χ3n) is 4.89. The van der Waals surface area contributed by atoms with Gasteiger partial charge in [0.15, 0.2) is 12.4 Å². The summed E-state index contributed by atoms with van der Waals surface area (Å²) in [7, 11) is 0. The summed E-state index contributed by atoms with van der Waals surface area (Å²) in [4.78, 5) is 27.9. The van der Waals surface area contributed by atoms with Crippen LogP contribution in [0.2, 0.25) is 0 Å². The summed E-state index contributed by atoms with van der Waals surface area (Å²) in [5.74, 6) is 0.00346. The Balaban J connectivity index is 1.47. The molecule has 0 aliphatic rings. The number of para-hydroxylation sites is 1. The summed E-state index contributed by atoms with van der Waals surface area (Å²) in [5.41, 5.74) is 0.743. The Morgan fingerprint density at radius 3 is 2.66 bits per heavy atom. The molecule has 0 radical (unpaired) electrons. The molecular weight excluding hydrogens is 470 g/mol. The van der Waals surface area contributed by atoms with Gasteiger partial charge in [0.1, 0.15) is 0 Å². The maximum Gasteiger partial charge on any atom is 0.362 e. The van der Waals surface area contributed by atoms with Crippen molar-refractivity contribution < 1.29 is 23.5 Å². The number of aromatic nitrogens is 4. The number of ether oxygens (including phenoxy) is 2. The van der Waals surface area contributed by atoms with Crippen LogP contribution in [0.3, 0.4) is 0 Å². The lowest BCUT2D eigenvalue weighted by atomic mass is 10.3. The van der Waals surface area contributed by atoms with E-state index < -0.39 is 5.97 Å². The summed E-state index contributed by atoms with van der Waals surface area (Å²) in [6, 6.07) is 13.1. The quantitative estimate of drug-likeness (QED) is 0.287. The van der Waals surface area contributed by atoms with Gasteiger partial charge in [0.25, 0.3) is 11.8 Å². The van der Waals surface area contributed by atoms with Crippen molar-refractivity contribution >= 4 is 23.2 Å². The monoisotopic (exact) mass is 495 g/mol. The van der Waals surface area contributed by atoms with Crippen molar-refractivity contribution in [3.63, 3.8) is 0 Å². The number of rotatable bonds is 11. The molecule has 0 atom stereocenters. The van der Waals surface area contributed by atoms with Crippen molar-refractivity contribution in [1.82, 2.24) is 24.9 Å². The third kappa shape index (κ3) is 5.93. The molecule has 35 heavy (non-hydrogen) atoms. The number of nitrogens with zero attached hydrogens (tertiary/aromatic N) is 5. The molecule has 0 saturated heterocycles. The number of amides is 1. The second kappa shape index (κ2) is 11.4. The first-order valence-corrected chi connectivity index (χ1v) is 12.1. The second-order valence-corrected chi connectivity index (χ2v) is 8.37. The van der Waals surface area contributed by atoms with Gasteiger partial charge in [-0.2, -0.15) is 5.10 Å². The fraction of sp³-hybridized carbons (Fsp3) is 0.292. The number of hydrogen-bond donors (Lipinski definition) is 0. The van der Waals surface area contributed by atoms with Crippen LogP contribution in [0.1, 0.15) is 36.6 Å². The molecule has 0 unspecified atom stereocenters. The van der Waals surface area contributed by atoms with Crippen LogP contribution < -0.4 is 4.74 Å². The van der Waals surface area contributed by atoms with E-state index >= 15 is 0 Å². The van der Waals surface area contributed by atoms with E-state index in [0.717, 1.165) is 17.0 Å². The van der Waals surface area contributed by atoms with Gasteiger partial charge in [-0.3, -0.25) is 4.79 Å². The lowest BCUT2D eigenvalue weighted by Gasteiger charge is -2.20. The molecule has 182 valence electrons. The maximum absolute atomic E-state index is 13.0. The van der Waals surface area contributed by atoms with Crippen molar-refractivity contribution in [1.29, 1.82) is 0 Å². The van der Waals surface area contributed by atoms with Crippen molar-refractivity contribution in [2.75, 3.05) is 19.8 Å². The average molecular weight is 496 g/mol. The summed E-state index contributed by atoms with van der Waals surface area (Å²) < 4.78 is 18.1. The molecule has 0 saturated carbocycles. The van der Waals surface area contributed by atoms with Crippen LogP contribution >= 0.6 is 11.3 Å². The first-order chi connectivity index (χ1) is 17.1. The van der Waals surface area contributed by atoms with Crippen LogP contribution in [-0.2, 0) is 16.1 Å². The minimum absolute atomic E-state index is 0.00281. The molecule has 0 aliphatic carbocycles. The highest BCUT2D eigenvalue weighted by molar-refractivity contribution is 7.13. The van der Waals surface area contributed by atoms with E-state index in [1.807, 2.05) is 54.8 Å². The van der Waals surface area contributed by atoms with Gasteiger partial charge in [-0.05, 0) is 36.9 Å². The molecule has 10 nitrogen and oxygen atoms in total. The van der Waals surface area contributed by atoms with E-state index in [4.69, 9.17) is 13.9 Å². The second-order valence-electron chi connectivity index (χ2n) is 7.42. The van der Waals surface area contributed by atoms with E-state index in [0.29, 0.717) is 18.3 Å². The van der Waals surface area contributed by atoms with Gasteiger partial charge in [-0.25, -0.2) is 9.48 Å². The fourth-order valence-electron chi connectivity index (χ4n) is 3.29. The topological polar surface area (TPSA) is 113 Å². The molecule has 1 aromatic carbocycles. The van der Waals surface area contributed by atoms with E-state index in [2.05, 4.69) is 15.3 Å². The van der Waals surface area contributed by atoms with Gasteiger partial charge in [-0.1, -0.05) is 31.2 Å². The van der Waals surface area contributed by atoms with Crippen LogP contribution in [-0.4, -0.2) is 56.5 Å². The molecule has 3 aromatic heterocycles. The Morgan fingerprint density at radius 2 is 1.94 bits per heavy atom. The lowest BCUT2D eigenvalue weighted by Crippen LogP contribution is -2.35. The molecule has 0 spiro atoms. The third-order valence-corrected chi connectivity index (χ3v) is 5.75. The molecule has 11 heteroatoms. The first kappa shape index (κ1) is 24.1. The smallest absolute Gasteiger partial charge is 0.362 e. The summed E-state index contributed by atoms with van der Waals surface area (Å²) in [5, 5.41) is 14.4. The number of benzene rings is 1. The highest BCUT2D eigenvalue weighted by Gasteiger charge is 2.23. The predicted molar refractivity (Wildman–Crippen MR) is 128 cm³/mol. The number of esters is 1. The fourth-order valence-corrected chi connectivity index (χ4v) is 3.93. The Kier molecular flexibility index (Phi) is 7.88. The van der Waals surface area contributed by atoms with Crippen LogP contribution in [0.15, 0.2) is 58.5 Å². The zero-order chi connectivity index (χ0) is 24.6. The summed E-state index contributed by atoms with van der Waals surface area (Å²) in [6.07, 6.45) is 2.29. The number of thiophene rings is 1. The van der Waals surface area contributed by atoms with Crippen LogP contribution in [0, 0.1) is 0 Å². The Morgan fingerprint density at radius 1 is 1.11 bits per heavy atom. The molecule has 4 rings (SSSR count). The van der Waals surface area contributed by atoms with E-state index in [9.17, 15) is 9.59 Å². The van der Waals surface area contributed by atoms with Gasteiger partial charge in [0.05, 0.1) is 29.9 Å². The predicted octanol–water partition coefficient (Wildman–Crippen LogP) is 3.98. The zero-order valence-electron chi connectivity index (χ0n) is 19.4. The van der Waals surface area contributed by atoms with Crippen LogP contribution in [0.25, 0.3) is 16.5 Å². The Bertz CT molecular complexity index is 1250. The standard InChI is InChI=1S/C24H25N5O5S/c1-3-12-28(15-20-25-26-23(34-20)19-11-8-13-35-19)21(30)16-33-18-14-29(17-9-6-5-7-10-17)27-22(18)24(31)32-4-2/h5-11,13-14H,3-4,12,15-16H2,1-2H3. The molecule has 0 aliphatic heterocycles. The van der Waals surface area contributed by atoms with E-state index in [1.54, 1.807) is 18.0 Å². The summed E-state index contributed by atoms with van der Waals surface area (Å²) in [6.45, 7) is 4.21. The molecule has 1 amide bonds. The van der Waals surface area contributed by atoms with Crippen molar-refractivity contribution in [2.45, 2.75) is 26.8 Å². The lowest BCUT2D eigenvalue weighted by molar-refractivity contribution is -0.134. The van der Waals surface area contributed by atoms with Gasteiger partial charge in [-0.15, -0.1) is 21.5 Å². The molecule has 0 bridgehead atoms. The minimum atomic E-state index is -0.623. The number of carbonyl (C=O) groups excluding carboxylic acids is 2. The van der Waals surface area contributed by atoms with E-state index in [1.165, 1.54) is 16.0 Å². The number of carbonyl (C=O) groups is 2. The van der Waals surface area contributed by atoms with Gasteiger partial charge in [0, 0.05) is 6.54 Å². The SMILES string of the molecule is CCCN(Cc1nnc(-c2cccs2)o1)C(=O)COc1cn(-c2ccccc2)nc1C(=O)OCC. The highest BCUT2D eigenvalue weighted by atomic mass is 32.1. The van der Waals surface area contributed by atoms with Crippen LogP contribution in [0.4, 0.5) is 0 Å². The molecule has 0 N–H and O–H groups in total. The average Bonchev–Trinajstić information content (AvgIpc) is 3.64. The largest absolute Gasteiger partial charge is 0.480 e. The van der Waals surface area contributed by atoms with Crippen molar-refractivity contribution in [3.8, 4) is 22.2 Å². The van der Waals surface area contributed by atoms with Crippen molar-refractivity contribution in [3.05, 3.63) is 65.6 Å². The van der Waals surface area contributed by atoms with Crippen molar-refractivity contribution in [2.24, 2.45) is 0 Å². The van der Waals surface area contributed by atoms with E-state index in [-0.39, 0.29) is 37.1 Å². The molecular formula is C24H25N5O5S. The minimum Gasteiger partial charge on any atom is -0.480 e. The normalized spacial score (nSPS) is 10.8. The zero-order valence-corrected chi connectivity index (χ0v) is 20.2. The van der Waals surface area contributed by atoms with Gasteiger partial charge < -0.3 is 18.8 Å². The maximum atomic E-state index is 13.0. The Hall–Kier alpha value is -3.99. The highest BCUT2D eigenvalue weighted by Crippen LogP contribution is 2.24. The molecule has 0 fully saturated rings. The van der Waals surface area contributed by atoms with Gasteiger partial charge >= 0.3 is 5.97 Å². The van der Waals surface area contributed by atoms with Gasteiger partial charge in [0.2, 0.25) is 11.6 Å². The number of hydrogen-bond acceptors (Lipinski definition) is 9. The van der Waals surface area contributed by atoms with Crippen LogP contribution in [0.5, 0.6) is 5.75 Å². The molecule has 4 aromatic rings. The molecule has 3 heterocycles. The summed E-state index contributed by atoms with van der Waals surface area (Å²) >= 11 is 1.50.